The van der Waals surface area contributed by atoms with E-state index in [9.17, 15) is 5.11 Å². The molecular weight excluding hydrogens is 250 g/mol. The summed E-state index contributed by atoms with van der Waals surface area (Å²) in [6, 6.07) is 7.88. The predicted octanol–water partition coefficient (Wildman–Crippen LogP) is 3.87. The van der Waals surface area contributed by atoms with Gasteiger partial charge in [0.25, 0.3) is 0 Å². The Morgan fingerprint density at radius 1 is 1.15 bits per heavy atom. The van der Waals surface area contributed by atoms with Crippen molar-refractivity contribution in [1.29, 1.82) is 0 Å². The molecule has 20 heavy (non-hydrogen) atoms. The van der Waals surface area contributed by atoms with Crippen LogP contribution in [0.4, 0.5) is 0 Å². The van der Waals surface area contributed by atoms with Crippen LogP contribution in [-0.4, -0.2) is 19.6 Å². The molecule has 0 aliphatic heterocycles. The summed E-state index contributed by atoms with van der Waals surface area (Å²) in [5.74, 6) is 0.0195. The van der Waals surface area contributed by atoms with E-state index in [1.54, 1.807) is 0 Å². The van der Waals surface area contributed by atoms with E-state index in [4.69, 9.17) is 0 Å². The van der Waals surface area contributed by atoms with Crippen molar-refractivity contribution in [2.24, 2.45) is 0 Å². The van der Waals surface area contributed by atoms with Crippen molar-refractivity contribution in [1.82, 2.24) is 14.5 Å². The molecule has 104 valence electrons. The smallest absolute Gasteiger partial charge is 0.240 e. The molecule has 0 radical (unpaired) electrons. The molecular formula is C16H19N3O. The van der Waals surface area contributed by atoms with Gasteiger partial charge in [0.1, 0.15) is 0 Å². The molecule has 0 aliphatic rings. The van der Waals surface area contributed by atoms with Gasteiger partial charge in [0.15, 0.2) is 5.52 Å². The van der Waals surface area contributed by atoms with Gasteiger partial charge in [-0.3, -0.25) is 0 Å². The Morgan fingerprint density at radius 2 is 2.00 bits per heavy atom. The monoisotopic (exact) mass is 269 g/mol. The highest BCUT2D eigenvalue weighted by Crippen LogP contribution is 2.29. The zero-order valence-electron chi connectivity index (χ0n) is 11.7. The van der Waals surface area contributed by atoms with Gasteiger partial charge in [-0.2, -0.15) is 0 Å². The van der Waals surface area contributed by atoms with Gasteiger partial charge in [-0.25, -0.2) is 9.97 Å². The van der Waals surface area contributed by atoms with Gasteiger partial charge in [-0.1, -0.05) is 44.4 Å². The molecule has 0 amide bonds. The fraction of sp³-hybridized carbons (Fsp3) is 0.375. The topological polar surface area (TPSA) is 50.9 Å². The lowest BCUT2D eigenvalue weighted by molar-refractivity contribution is 0.461. The number of nitrogens with zero attached hydrogens (tertiary/aromatic N) is 3. The quantitative estimate of drug-likeness (QED) is 0.715. The van der Waals surface area contributed by atoms with Crippen LogP contribution < -0.4 is 0 Å². The SMILES string of the molecule is CCCCCCn1cnc2c(O)nc3ccccc3c21. The molecule has 0 bridgehead atoms. The molecule has 3 rings (SSSR count). The van der Waals surface area contributed by atoms with Gasteiger partial charge >= 0.3 is 0 Å². The van der Waals surface area contributed by atoms with Crippen LogP contribution >= 0.6 is 0 Å². The molecule has 1 N–H and O–H groups in total. The molecule has 0 atom stereocenters. The molecule has 0 saturated heterocycles. The number of para-hydroxylation sites is 1. The largest absolute Gasteiger partial charge is 0.492 e. The lowest BCUT2D eigenvalue weighted by Crippen LogP contribution is -1.97. The Kier molecular flexibility index (Phi) is 3.54. The summed E-state index contributed by atoms with van der Waals surface area (Å²) >= 11 is 0. The van der Waals surface area contributed by atoms with Crippen molar-refractivity contribution in [2.45, 2.75) is 39.2 Å². The molecule has 0 fully saturated rings. The number of aromatic nitrogens is 3. The van der Waals surface area contributed by atoms with Crippen LogP contribution in [0.25, 0.3) is 21.9 Å². The number of imidazole rings is 1. The lowest BCUT2D eigenvalue weighted by Gasteiger charge is -2.07. The fourth-order valence-electron chi connectivity index (χ4n) is 2.65. The molecule has 1 aromatic carbocycles. The maximum atomic E-state index is 10.0. The van der Waals surface area contributed by atoms with E-state index < -0.39 is 0 Å². The van der Waals surface area contributed by atoms with E-state index in [0.717, 1.165) is 29.4 Å². The van der Waals surface area contributed by atoms with Crippen LogP contribution in [0.15, 0.2) is 30.6 Å². The number of hydrogen-bond acceptors (Lipinski definition) is 3. The predicted molar refractivity (Wildman–Crippen MR) is 80.8 cm³/mol. The summed E-state index contributed by atoms with van der Waals surface area (Å²) < 4.78 is 2.13. The number of aromatic hydroxyl groups is 1. The average molecular weight is 269 g/mol. The first-order chi connectivity index (χ1) is 9.81. The average Bonchev–Trinajstić information content (AvgIpc) is 2.89. The first-order valence-corrected chi connectivity index (χ1v) is 7.24. The van der Waals surface area contributed by atoms with Crippen LogP contribution in [0.2, 0.25) is 0 Å². The Bertz CT molecular complexity index is 733. The van der Waals surface area contributed by atoms with E-state index in [1.165, 1.54) is 19.3 Å². The zero-order chi connectivity index (χ0) is 13.9. The number of fused-ring (bicyclic) bond motifs is 3. The summed E-state index contributed by atoms with van der Waals surface area (Å²) in [5, 5.41) is 11.1. The van der Waals surface area contributed by atoms with Gasteiger partial charge in [-0.05, 0) is 12.5 Å². The van der Waals surface area contributed by atoms with Crippen molar-refractivity contribution in [3.8, 4) is 5.88 Å². The number of hydrogen-bond donors (Lipinski definition) is 1. The van der Waals surface area contributed by atoms with Gasteiger partial charge < -0.3 is 9.67 Å². The second-order valence-electron chi connectivity index (χ2n) is 5.15. The molecule has 2 heterocycles. The van der Waals surface area contributed by atoms with E-state index in [-0.39, 0.29) is 5.88 Å². The van der Waals surface area contributed by atoms with Crippen LogP contribution in [0.1, 0.15) is 32.6 Å². The number of aryl methyl sites for hydroxylation is 1. The summed E-state index contributed by atoms with van der Waals surface area (Å²) in [4.78, 5) is 8.52. The first-order valence-electron chi connectivity index (χ1n) is 7.24. The summed E-state index contributed by atoms with van der Waals surface area (Å²) in [6.45, 7) is 3.15. The van der Waals surface area contributed by atoms with Crippen molar-refractivity contribution in [3.63, 3.8) is 0 Å². The number of benzene rings is 1. The highest BCUT2D eigenvalue weighted by Gasteiger charge is 2.12. The third-order valence-electron chi connectivity index (χ3n) is 3.69. The highest BCUT2D eigenvalue weighted by molar-refractivity contribution is 6.04. The van der Waals surface area contributed by atoms with Crippen LogP contribution in [0, 0.1) is 0 Å². The first kappa shape index (κ1) is 12.9. The van der Waals surface area contributed by atoms with Crippen molar-refractivity contribution in [3.05, 3.63) is 30.6 Å². The summed E-state index contributed by atoms with van der Waals surface area (Å²) in [6.07, 6.45) is 6.67. The van der Waals surface area contributed by atoms with Crippen LogP contribution in [-0.2, 0) is 6.54 Å². The molecule has 0 spiro atoms. The highest BCUT2D eigenvalue weighted by atomic mass is 16.3. The normalized spacial score (nSPS) is 11.4. The molecule has 0 saturated carbocycles. The number of pyridine rings is 1. The molecule has 3 aromatic rings. The van der Waals surface area contributed by atoms with E-state index >= 15 is 0 Å². The van der Waals surface area contributed by atoms with E-state index in [0.29, 0.717) is 5.52 Å². The maximum absolute atomic E-state index is 10.0. The minimum Gasteiger partial charge on any atom is -0.492 e. The molecule has 2 aromatic heterocycles. The van der Waals surface area contributed by atoms with Gasteiger partial charge in [0.05, 0.1) is 17.4 Å². The minimum atomic E-state index is 0.0195. The summed E-state index contributed by atoms with van der Waals surface area (Å²) in [7, 11) is 0. The Hall–Kier alpha value is -2.10. The molecule has 0 unspecified atom stereocenters. The second-order valence-corrected chi connectivity index (χ2v) is 5.15. The van der Waals surface area contributed by atoms with Crippen molar-refractivity contribution >= 4 is 21.9 Å². The minimum absolute atomic E-state index is 0.0195. The third kappa shape index (κ3) is 2.22. The molecule has 0 aliphatic carbocycles. The third-order valence-corrected chi connectivity index (χ3v) is 3.69. The van der Waals surface area contributed by atoms with Crippen LogP contribution in [0.3, 0.4) is 0 Å². The maximum Gasteiger partial charge on any atom is 0.240 e. The number of rotatable bonds is 5. The van der Waals surface area contributed by atoms with Gasteiger partial charge in [-0.15, -0.1) is 0 Å². The molecule has 4 heteroatoms. The second kappa shape index (κ2) is 5.49. The van der Waals surface area contributed by atoms with E-state index in [1.807, 2.05) is 30.6 Å². The fourth-order valence-corrected chi connectivity index (χ4v) is 2.65. The number of unbranched alkanes of at least 4 members (excludes halogenated alkanes) is 3. The lowest BCUT2D eigenvalue weighted by atomic mass is 10.1. The van der Waals surface area contributed by atoms with Crippen molar-refractivity contribution < 1.29 is 5.11 Å². The Morgan fingerprint density at radius 3 is 2.85 bits per heavy atom. The Balaban J connectivity index is 2.05. The van der Waals surface area contributed by atoms with Gasteiger partial charge in [0.2, 0.25) is 5.88 Å². The summed E-state index contributed by atoms with van der Waals surface area (Å²) in [5.41, 5.74) is 2.40. The Labute approximate surface area is 118 Å². The standard InChI is InChI=1S/C16H19N3O/c1-2-3-4-7-10-19-11-17-14-15(19)12-8-5-6-9-13(12)18-16(14)20/h5-6,8-9,11H,2-4,7,10H2,1H3,(H,18,20). The zero-order valence-corrected chi connectivity index (χ0v) is 11.7. The van der Waals surface area contributed by atoms with Crippen LogP contribution in [0.5, 0.6) is 5.88 Å². The van der Waals surface area contributed by atoms with Gasteiger partial charge in [0, 0.05) is 11.9 Å². The van der Waals surface area contributed by atoms with E-state index in [2.05, 4.69) is 21.5 Å². The van der Waals surface area contributed by atoms with Crippen molar-refractivity contribution in [2.75, 3.05) is 0 Å². The molecule has 4 nitrogen and oxygen atoms in total.